The van der Waals surface area contributed by atoms with Gasteiger partial charge < -0.3 is 0 Å². The summed E-state index contributed by atoms with van der Waals surface area (Å²) >= 11 is 6.11. The van der Waals surface area contributed by atoms with E-state index in [-0.39, 0.29) is 24.3 Å². The predicted octanol–water partition coefficient (Wildman–Crippen LogP) is 2.46. The molecular weight excluding hydrogens is 276 g/mol. The molecule has 0 saturated carbocycles. The summed E-state index contributed by atoms with van der Waals surface area (Å²) in [6.07, 6.45) is 3.68. The largest absolute Gasteiger partial charge is 0.292 e. The fourth-order valence-electron chi connectivity index (χ4n) is 3.02. The van der Waals surface area contributed by atoms with Crippen molar-refractivity contribution >= 4 is 29.1 Å². The molecule has 2 aliphatic rings. The van der Waals surface area contributed by atoms with Gasteiger partial charge in [0.15, 0.2) is 0 Å². The number of imide groups is 1. The van der Waals surface area contributed by atoms with Crippen LogP contribution >= 0.6 is 11.6 Å². The highest BCUT2D eigenvalue weighted by atomic mass is 35.5. The number of anilines is 1. The second kappa shape index (κ2) is 5.54. The average Bonchev–Trinajstić information content (AvgIpc) is 2.76. The highest BCUT2D eigenvalue weighted by molar-refractivity contribution is 6.36. The van der Waals surface area contributed by atoms with Gasteiger partial charge in [-0.25, -0.2) is 4.90 Å². The van der Waals surface area contributed by atoms with Gasteiger partial charge in [-0.1, -0.05) is 30.2 Å². The number of amides is 2. The molecule has 5 heteroatoms. The Labute approximate surface area is 123 Å². The van der Waals surface area contributed by atoms with E-state index < -0.39 is 0 Å². The lowest BCUT2D eigenvalue weighted by molar-refractivity contribution is -0.123. The van der Waals surface area contributed by atoms with Crippen molar-refractivity contribution in [3.63, 3.8) is 0 Å². The summed E-state index contributed by atoms with van der Waals surface area (Å²) in [6, 6.07) is 6.69. The number of para-hydroxylation sites is 1. The van der Waals surface area contributed by atoms with Crippen LogP contribution in [0.25, 0.3) is 0 Å². The minimum absolute atomic E-state index is 0.134. The first-order valence-corrected chi connectivity index (χ1v) is 7.41. The number of hydrogen-bond acceptors (Lipinski definition) is 3. The van der Waals surface area contributed by atoms with E-state index in [1.165, 1.54) is 11.3 Å². The Morgan fingerprint density at radius 3 is 2.45 bits per heavy atom. The van der Waals surface area contributed by atoms with E-state index in [9.17, 15) is 9.59 Å². The Balaban J connectivity index is 1.85. The molecule has 1 aromatic carbocycles. The highest BCUT2D eigenvalue weighted by Gasteiger charge is 2.43. The molecule has 1 atom stereocenters. The Hall–Kier alpha value is -1.39. The minimum Gasteiger partial charge on any atom is -0.292 e. The van der Waals surface area contributed by atoms with Crippen LogP contribution in [0.1, 0.15) is 25.7 Å². The standard InChI is InChI=1S/C15H17ClN2O2/c16-11-6-2-3-7-12(11)18-14(19)10-13(15(18)20)17-8-4-1-5-9-17/h2-3,6-7,13H,1,4-5,8-10H2. The SMILES string of the molecule is O=C1CC(N2CCCCC2)C(=O)N1c1ccccc1Cl. The molecule has 0 radical (unpaired) electrons. The summed E-state index contributed by atoms with van der Waals surface area (Å²) in [5.74, 6) is -0.288. The van der Waals surface area contributed by atoms with Crippen LogP contribution in [0.5, 0.6) is 0 Å². The monoisotopic (exact) mass is 292 g/mol. The molecule has 0 bridgehead atoms. The van der Waals surface area contributed by atoms with Gasteiger partial charge in [0, 0.05) is 0 Å². The molecule has 4 nitrogen and oxygen atoms in total. The molecule has 106 valence electrons. The number of benzene rings is 1. The fourth-order valence-corrected chi connectivity index (χ4v) is 3.24. The zero-order chi connectivity index (χ0) is 14.1. The number of halogens is 1. The summed E-state index contributed by atoms with van der Waals surface area (Å²) in [6.45, 7) is 1.81. The highest BCUT2D eigenvalue weighted by Crippen LogP contribution is 2.31. The molecule has 2 heterocycles. The van der Waals surface area contributed by atoms with E-state index >= 15 is 0 Å². The Morgan fingerprint density at radius 1 is 1.05 bits per heavy atom. The first-order valence-electron chi connectivity index (χ1n) is 7.04. The van der Waals surface area contributed by atoms with Gasteiger partial charge in [0.25, 0.3) is 5.91 Å². The van der Waals surface area contributed by atoms with Crippen LogP contribution in [0.4, 0.5) is 5.69 Å². The maximum Gasteiger partial charge on any atom is 0.251 e. The van der Waals surface area contributed by atoms with Gasteiger partial charge in [0.05, 0.1) is 23.2 Å². The third-order valence-corrected chi connectivity index (χ3v) is 4.37. The maximum atomic E-state index is 12.6. The Morgan fingerprint density at radius 2 is 1.75 bits per heavy atom. The lowest BCUT2D eigenvalue weighted by Crippen LogP contribution is -2.44. The molecule has 0 aromatic heterocycles. The number of carbonyl (C=O) groups is 2. The van der Waals surface area contributed by atoms with E-state index in [1.807, 2.05) is 0 Å². The number of hydrogen-bond donors (Lipinski definition) is 0. The van der Waals surface area contributed by atoms with Gasteiger partial charge in [0.2, 0.25) is 5.91 Å². The molecule has 0 spiro atoms. The topological polar surface area (TPSA) is 40.6 Å². The van der Waals surface area contributed by atoms with Crippen LogP contribution < -0.4 is 4.90 Å². The van der Waals surface area contributed by atoms with E-state index in [1.54, 1.807) is 24.3 Å². The Bertz CT molecular complexity index is 540. The number of carbonyl (C=O) groups excluding carboxylic acids is 2. The molecule has 1 aromatic rings. The number of likely N-dealkylation sites (tertiary alicyclic amines) is 1. The van der Waals surface area contributed by atoms with E-state index in [0.29, 0.717) is 10.7 Å². The maximum absolute atomic E-state index is 12.6. The molecule has 1 unspecified atom stereocenters. The normalized spacial score (nSPS) is 24.4. The fraction of sp³-hybridized carbons (Fsp3) is 0.467. The second-order valence-corrected chi connectivity index (χ2v) is 5.74. The smallest absolute Gasteiger partial charge is 0.251 e. The van der Waals surface area contributed by atoms with E-state index in [0.717, 1.165) is 25.9 Å². The van der Waals surface area contributed by atoms with Gasteiger partial charge in [-0.3, -0.25) is 14.5 Å². The van der Waals surface area contributed by atoms with Crippen molar-refractivity contribution in [3.05, 3.63) is 29.3 Å². The minimum atomic E-state index is -0.306. The van der Waals surface area contributed by atoms with Crippen LogP contribution in [-0.4, -0.2) is 35.8 Å². The molecule has 0 N–H and O–H groups in total. The molecule has 2 aliphatic heterocycles. The summed E-state index contributed by atoms with van der Waals surface area (Å²) in [5.41, 5.74) is 0.503. The third kappa shape index (κ3) is 2.34. The Kier molecular flexibility index (Phi) is 3.76. The second-order valence-electron chi connectivity index (χ2n) is 5.34. The molecule has 0 aliphatic carbocycles. The van der Waals surface area contributed by atoms with Gasteiger partial charge in [0.1, 0.15) is 0 Å². The number of rotatable bonds is 2. The van der Waals surface area contributed by atoms with Crippen molar-refractivity contribution in [2.24, 2.45) is 0 Å². The summed E-state index contributed by atoms with van der Waals surface area (Å²) < 4.78 is 0. The van der Waals surface area contributed by atoms with Crippen molar-refractivity contribution in [1.29, 1.82) is 0 Å². The number of nitrogens with zero attached hydrogens (tertiary/aromatic N) is 2. The summed E-state index contributed by atoms with van der Waals surface area (Å²) in [7, 11) is 0. The molecule has 20 heavy (non-hydrogen) atoms. The molecule has 2 saturated heterocycles. The van der Waals surface area contributed by atoms with Crippen LogP contribution in [0.2, 0.25) is 5.02 Å². The first-order chi connectivity index (χ1) is 9.68. The van der Waals surface area contributed by atoms with Crippen molar-refractivity contribution in [2.75, 3.05) is 18.0 Å². The van der Waals surface area contributed by atoms with Crippen LogP contribution in [0.3, 0.4) is 0 Å². The van der Waals surface area contributed by atoms with Gasteiger partial charge >= 0.3 is 0 Å². The zero-order valence-electron chi connectivity index (χ0n) is 11.2. The third-order valence-electron chi connectivity index (χ3n) is 4.05. The van der Waals surface area contributed by atoms with E-state index in [2.05, 4.69) is 4.90 Å². The van der Waals surface area contributed by atoms with Crippen LogP contribution in [0, 0.1) is 0 Å². The predicted molar refractivity (Wildman–Crippen MR) is 77.8 cm³/mol. The van der Waals surface area contributed by atoms with Gasteiger partial charge in [-0.05, 0) is 38.1 Å². The van der Waals surface area contributed by atoms with Crippen LogP contribution in [-0.2, 0) is 9.59 Å². The lowest BCUT2D eigenvalue weighted by atomic mass is 10.1. The van der Waals surface area contributed by atoms with Gasteiger partial charge in [-0.15, -0.1) is 0 Å². The van der Waals surface area contributed by atoms with Gasteiger partial charge in [-0.2, -0.15) is 0 Å². The quantitative estimate of drug-likeness (QED) is 0.786. The molecule has 2 fully saturated rings. The zero-order valence-corrected chi connectivity index (χ0v) is 12.0. The first kappa shape index (κ1) is 13.6. The summed E-state index contributed by atoms with van der Waals surface area (Å²) in [5, 5.41) is 0.438. The summed E-state index contributed by atoms with van der Waals surface area (Å²) in [4.78, 5) is 28.2. The van der Waals surface area contributed by atoms with Crippen molar-refractivity contribution in [2.45, 2.75) is 31.7 Å². The van der Waals surface area contributed by atoms with Crippen molar-refractivity contribution < 1.29 is 9.59 Å². The van der Waals surface area contributed by atoms with Crippen molar-refractivity contribution in [1.82, 2.24) is 4.90 Å². The average molecular weight is 293 g/mol. The molecule has 3 rings (SSSR count). The van der Waals surface area contributed by atoms with E-state index in [4.69, 9.17) is 11.6 Å². The number of piperidine rings is 1. The molecule has 2 amide bonds. The molecular formula is C15H17ClN2O2. The lowest BCUT2D eigenvalue weighted by Gasteiger charge is -2.30. The van der Waals surface area contributed by atoms with Crippen LogP contribution in [0.15, 0.2) is 24.3 Å². The van der Waals surface area contributed by atoms with Crippen molar-refractivity contribution in [3.8, 4) is 0 Å².